The van der Waals surface area contributed by atoms with Crippen LogP contribution >= 0.6 is 11.3 Å². The van der Waals surface area contributed by atoms with Gasteiger partial charge < -0.3 is 9.15 Å². The molecule has 0 amide bonds. The maximum absolute atomic E-state index is 13.7. The molecule has 2 heterocycles. The van der Waals surface area contributed by atoms with Gasteiger partial charge in [-0.25, -0.2) is 21.9 Å². The first-order chi connectivity index (χ1) is 11.8. The second-order valence-corrected chi connectivity index (χ2v) is 8.51. The van der Waals surface area contributed by atoms with Crippen LogP contribution in [0.3, 0.4) is 0 Å². The molecule has 0 saturated heterocycles. The van der Waals surface area contributed by atoms with E-state index in [4.69, 9.17) is 9.15 Å². The van der Waals surface area contributed by atoms with E-state index in [9.17, 15) is 17.6 Å². The summed E-state index contributed by atoms with van der Waals surface area (Å²) in [4.78, 5) is 12.4. The highest BCUT2D eigenvalue weighted by atomic mass is 32.2. The van der Waals surface area contributed by atoms with Crippen LogP contribution in [-0.2, 0) is 21.4 Å². The van der Waals surface area contributed by atoms with E-state index in [0.29, 0.717) is 10.1 Å². The first-order valence-corrected chi connectivity index (χ1v) is 9.41. The monoisotopic (exact) mass is 383 g/mol. The van der Waals surface area contributed by atoms with Crippen molar-refractivity contribution in [3.8, 4) is 0 Å². The molecule has 2 aromatic heterocycles. The fraction of sp³-hybridized carbons (Fsp3) is 0.188. The Balaban J connectivity index is 1.72. The Labute approximate surface area is 147 Å². The van der Waals surface area contributed by atoms with Gasteiger partial charge in [0, 0.05) is 24.2 Å². The summed E-state index contributed by atoms with van der Waals surface area (Å²) in [6.07, 6.45) is 0. The van der Waals surface area contributed by atoms with E-state index < -0.39 is 21.8 Å². The van der Waals surface area contributed by atoms with Crippen molar-refractivity contribution in [1.29, 1.82) is 0 Å². The molecule has 0 aliphatic rings. The average Bonchev–Trinajstić information content (AvgIpc) is 3.20. The lowest BCUT2D eigenvalue weighted by molar-refractivity contribution is 0.0446. The summed E-state index contributed by atoms with van der Waals surface area (Å²) >= 11 is 1.12. The minimum absolute atomic E-state index is 0.195. The number of furan rings is 1. The largest absolute Gasteiger partial charge is 0.453 e. The van der Waals surface area contributed by atoms with Gasteiger partial charge in [0.1, 0.15) is 23.1 Å². The zero-order chi connectivity index (χ0) is 18.2. The minimum atomic E-state index is -3.68. The molecule has 0 bridgehead atoms. The fourth-order valence-electron chi connectivity index (χ4n) is 2.09. The zero-order valence-electron chi connectivity index (χ0n) is 13.4. The van der Waals surface area contributed by atoms with Crippen LogP contribution in [0.1, 0.15) is 15.4 Å². The summed E-state index contributed by atoms with van der Waals surface area (Å²) in [7, 11) is -0.908. The molecule has 0 saturated carbocycles. The third kappa shape index (κ3) is 3.44. The normalized spacial score (nSPS) is 12.0. The van der Waals surface area contributed by atoms with E-state index in [0.717, 1.165) is 15.6 Å². The number of halogens is 1. The molecular formula is C16H14FNO5S2. The van der Waals surface area contributed by atoms with Crippen molar-refractivity contribution in [1.82, 2.24) is 4.31 Å². The topological polar surface area (TPSA) is 76.8 Å². The number of benzene rings is 1. The summed E-state index contributed by atoms with van der Waals surface area (Å²) in [5, 5.41) is 0.129. The van der Waals surface area contributed by atoms with Gasteiger partial charge in [-0.1, -0.05) is 6.07 Å². The number of ether oxygens (including phenoxy) is 1. The van der Waals surface area contributed by atoms with Crippen molar-refractivity contribution in [2.24, 2.45) is 0 Å². The Bertz CT molecular complexity index is 1040. The van der Waals surface area contributed by atoms with E-state index in [1.54, 1.807) is 12.1 Å². The highest BCUT2D eigenvalue weighted by molar-refractivity contribution is 7.88. The van der Waals surface area contributed by atoms with Crippen molar-refractivity contribution in [3.63, 3.8) is 0 Å². The molecule has 9 heteroatoms. The lowest BCUT2D eigenvalue weighted by Crippen LogP contribution is -2.21. The molecule has 0 radical (unpaired) electrons. The van der Waals surface area contributed by atoms with Crippen LogP contribution in [0.25, 0.3) is 10.1 Å². The second kappa shape index (κ2) is 6.58. The van der Waals surface area contributed by atoms with Gasteiger partial charge in [0.25, 0.3) is 10.0 Å². The number of carbonyl (C=O) groups excluding carboxylic acids is 1. The van der Waals surface area contributed by atoms with Gasteiger partial charge in [-0.3, -0.25) is 0 Å². The summed E-state index contributed by atoms with van der Waals surface area (Å²) < 4.78 is 49.5. The van der Waals surface area contributed by atoms with Gasteiger partial charge in [0.2, 0.25) is 5.09 Å². The molecule has 0 atom stereocenters. The number of esters is 1. The van der Waals surface area contributed by atoms with Gasteiger partial charge in [0.05, 0.1) is 0 Å². The fourth-order valence-corrected chi connectivity index (χ4v) is 3.87. The van der Waals surface area contributed by atoms with Crippen LogP contribution in [0.15, 0.2) is 45.9 Å². The standard InChI is InChI=1S/C16H14FNO5S2/c1-18(2)25(20,21)15-7-6-10(23-15)9-22-16(19)14-8-11-12(17)4-3-5-13(11)24-14/h3-8H,9H2,1-2H3. The van der Waals surface area contributed by atoms with Crippen LogP contribution < -0.4 is 0 Å². The maximum atomic E-state index is 13.7. The smallest absolute Gasteiger partial charge is 0.348 e. The quantitative estimate of drug-likeness (QED) is 0.632. The zero-order valence-corrected chi connectivity index (χ0v) is 15.0. The summed E-state index contributed by atoms with van der Waals surface area (Å²) in [6.45, 7) is -0.224. The van der Waals surface area contributed by atoms with Crippen LogP contribution in [-0.4, -0.2) is 32.8 Å². The Morgan fingerprint density at radius 2 is 2.04 bits per heavy atom. The molecule has 1 aromatic carbocycles. The predicted molar refractivity (Wildman–Crippen MR) is 90.5 cm³/mol. The molecule has 0 N–H and O–H groups in total. The van der Waals surface area contributed by atoms with Gasteiger partial charge in [-0.15, -0.1) is 11.3 Å². The predicted octanol–water partition coefficient (Wildman–Crippen LogP) is 3.24. The molecule has 6 nitrogen and oxygen atoms in total. The molecule has 132 valence electrons. The number of fused-ring (bicyclic) bond motifs is 1. The second-order valence-electron chi connectivity index (χ2n) is 5.35. The van der Waals surface area contributed by atoms with Gasteiger partial charge in [-0.05, 0) is 30.3 Å². The third-order valence-electron chi connectivity index (χ3n) is 3.43. The molecule has 0 spiro atoms. The Morgan fingerprint density at radius 1 is 1.28 bits per heavy atom. The van der Waals surface area contributed by atoms with Gasteiger partial charge in [0.15, 0.2) is 0 Å². The third-order valence-corrected chi connectivity index (χ3v) is 6.20. The molecule has 0 aliphatic carbocycles. The number of sulfonamides is 1. The number of hydrogen-bond acceptors (Lipinski definition) is 6. The lowest BCUT2D eigenvalue weighted by atomic mass is 10.2. The number of hydrogen-bond donors (Lipinski definition) is 0. The van der Waals surface area contributed by atoms with Crippen molar-refractivity contribution in [3.05, 3.63) is 52.9 Å². The van der Waals surface area contributed by atoms with Crippen LogP contribution in [0, 0.1) is 5.82 Å². The van der Waals surface area contributed by atoms with E-state index in [-0.39, 0.29) is 22.3 Å². The van der Waals surface area contributed by atoms with Crippen molar-refractivity contribution in [2.45, 2.75) is 11.7 Å². The van der Waals surface area contributed by atoms with E-state index in [1.807, 2.05) is 0 Å². The highest BCUT2D eigenvalue weighted by Crippen LogP contribution is 2.28. The van der Waals surface area contributed by atoms with E-state index in [2.05, 4.69) is 0 Å². The number of rotatable bonds is 5. The van der Waals surface area contributed by atoms with Crippen molar-refractivity contribution >= 4 is 37.4 Å². The average molecular weight is 383 g/mol. The maximum Gasteiger partial charge on any atom is 0.348 e. The SMILES string of the molecule is CN(C)S(=O)(=O)c1ccc(COC(=O)c2cc3c(F)cccc3s2)o1. The molecule has 25 heavy (non-hydrogen) atoms. The van der Waals surface area contributed by atoms with Crippen LogP contribution in [0.2, 0.25) is 0 Å². The molecule has 3 aromatic rings. The Morgan fingerprint density at radius 3 is 2.72 bits per heavy atom. The van der Waals surface area contributed by atoms with Gasteiger partial charge >= 0.3 is 5.97 Å². The van der Waals surface area contributed by atoms with Gasteiger partial charge in [-0.2, -0.15) is 0 Å². The number of nitrogens with zero attached hydrogens (tertiary/aromatic N) is 1. The van der Waals surface area contributed by atoms with Crippen LogP contribution in [0.4, 0.5) is 4.39 Å². The number of carbonyl (C=O) groups is 1. The molecule has 0 fully saturated rings. The summed E-state index contributed by atoms with van der Waals surface area (Å²) in [5.74, 6) is -0.840. The summed E-state index contributed by atoms with van der Waals surface area (Å²) in [6, 6.07) is 8.76. The first-order valence-electron chi connectivity index (χ1n) is 7.15. The molecule has 0 unspecified atom stereocenters. The lowest BCUT2D eigenvalue weighted by Gasteiger charge is -2.07. The Kier molecular flexibility index (Phi) is 4.63. The Hall–Kier alpha value is -2.23. The molecular weight excluding hydrogens is 369 g/mol. The molecule has 3 rings (SSSR count). The number of thiophene rings is 1. The summed E-state index contributed by atoms with van der Waals surface area (Å²) in [5.41, 5.74) is 0. The van der Waals surface area contributed by atoms with Crippen molar-refractivity contribution < 1.29 is 26.8 Å². The van der Waals surface area contributed by atoms with E-state index >= 15 is 0 Å². The molecule has 0 aliphatic heterocycles. The van der Waals surface area contributed by atoms with Crippen LogP contribution in [0.5, 0.6) is 0 Å². The van der Waals surface area contributed by atoms with Crippen molar-refractivity contribution in [2.75, 3.05) is 14.1 Å². The first kappa shape index (κ1) is 17.6. The van der Waals surface area contributed by atoms with E-state index in [1.165, 1.54) is 38.4 Å². The highest BCUT2D eigenvalue weighted by Gasteiger charge is 2.22. The minimum Gasteiger partial charge on any atom is -0.453 e.